The molecule has 1 fully saturated rings. The fourth-order valence-electron chi connectivity index (χ4n) is 2.00. The van der Waals surface area contributed by atoms with Crippen molar-refractivity contribution >= 4 is 23.3 Å². The Morgan fingerprint density at radius 2 is 2.47 bits per heavy atom. The van der Waals surface area contributed by atoms with Crippen molar-refractivity contribution in [1.29, 1.82) is 0 Å². The molecule has 1 N–H and O–H groups in total. The van der Waals surface area contributed by atoms with Crippen molar-refractivity contribution in [2.75, 3.05) is 31.2 Å². The number of carbonyl (C=O) groups is 1. The molecule has 2 rings (SSSR count). The molecule has 6 heteroatoms. The Kier molecular flexibility index (Phi) is 4.99. The van der Waals surface area contributed by atoms with Crippen molar-refractivity contribution in [2.24, 2.45) is 0 Å². The second kappa shape index (κ2) is 6.73. The van der Waals surface area contributed by atoms with Crippen LogP contribution in [0.3, 0.4) is 0 Å². The summed E-state index contributed by atoms with van der Waals surface area (Å²) in [6.45, 7) is 4.34. The van der Waals surface area contributed by atoms with Crippen LogP contribution in [0.5, 0.6) is 0 Å². The number of rotatable bonds is 4. The van der Waals surface area contributed by atoms with Gasteiger partial charge in [0.15, 0.2) is 0 Å². The molecule has 2 heterocycles. The predicted octanol–water partition coefficient (Wildman–Crippen LogP) is 1.47. The van der Waals surface area contributed by atoms with Gasteiger partial charge in [-0.25, -0.2) is 4.98 Å². The summed E-state index contributed by atoms with van der Waals surface area (Å²) >= 11 is 5.83. The monoisotopic (exact) mass is 283 g/mol. The summed E-state index contributed by atoms with van der Waals surface area (Å²) in [6.07, 6.45) is 2.51. The van der Waals surface area contributed by atoms with Gasteiger partial charge in [0.1, 0.15) is 11.9 Å². The summed E-state index contributed by atoms with van der Waals surface area (Å²) in [6, 6.07) is 3.28. The molecular weight excluding hydrogens is 266 g/mol. The third-order valence-corrected chi connectivity index (χ3v) is 3.21. The van der Waals surface area contributed by atoms with Crippen LogP contribution < -0.4 is 10.2 Å². The minimum atomic E-state index is -0.325. The van der Waals surface area contributed by atoms with E-state index in [0.29, 0.717) is 31.3 Å². The van der Waals surface area contributed by atoms with E-state index in [1.54, 1.807) is 12.3 Å². The molecule has 0 aliphatic carbocycles. The first-order valence-corrected chi connectivity index (χ1v) is 6.84. The average molecular weight is 284 g/mol. The highest BCUT2D eigenvalue weighted by Crippen LogP contribution is 2.19. The summed E-state index contributed by atoms with van der Waals surface area (Å²) in [5.41, 5.74) is 0. The van der Waals surface area contributed by atoms with Gasteiger partial charge in [-0.1, -0.05) is 18.5 Å². The molecule has 1 saturated heterocycles. The van der Waals surface area contributed by atoms with Gasteiger partial charge >= 0.3 is 0 Å². The van der Waals surface area contributed by atoms with Crippen molar-refractivity contribution in [3.8, 4) is 0 Å². The lowest BCUT2D eigenvalue weighted by Gasteiger charge is -2.35. The number of nitrogens with one attached hydrogen (secondary N) is 1. The summed E-state index contributed by atoms with van der Waals surface area (Å²) in [4.78, 5) is 18.4. The first-order valence-electron chi connectivity index (χ1n) is 6.46. The van der Waals surface area contributed by atoms with Gasteiger partial charge in [0, 0.05) is 19.3 Å². The van der Waals surface area contributed by atoms with Crippen LogP contribution in [-0.2, 0) is 9.53 Å². The van der Waals surface area contributed by atoms with Gasteiger partial charge in [0.05, 0.1) is 18.2 Å². The minimum absolute atomic E-state index is 0.0155. The largest absolute Gasteiger partial charge is 0.377 e. The molecule has 19 heavy (non-hydrogen) atoms. The predicted molar refractivity (Wildman–Crippen MR) is 74.5 cm³/mol. The third-order valence-electron chi connectivity index (χ3n) is 2.99. The standard InChI is InChI=1S/C13H18ClN3O2/c1-2-5-15-13(18)11-9-19-7-6-17(11)12-4-3-10(14)8-16-12/h3-4,8,11H,2,5-7,9H2,1H3,(H,15,18). The molecule has 1 atom stereocenters. The van der Waals surface area contributed by atoms with Crippen molar-refractivity contribution in [3.63, 3.8) is 0 Å². The lowest BCUT2D eigenvalue weighted by atomic mass is 10.2. The molecule has 0 spiro atoms. The normalized spacial score (nSPS) is 19.3. The number of pyridine rings is 1. The van der Waals surface area contributed by atoms with Crippen LogP contribution in [0.25, 0.3) is 0 Å². The van der Waals surface area contributed by atoms with E-state index in [2.05, 4.69) is 10.3 Å². The van der Waals surface area contributed by atoms with Crippen LogP contribution in [-0.4, -0.2) is 43.2 Å². The number of hydrogen-bond acceptors (Lipinski definition) is 4. The molecule has 0 aromatic carbocycles. The van der Waals surface area contributed by atoms with E-state index < -0.39 is 0 Å². The first-order chi connectivity index (χ1) is 9.22. The summed E-state index contributed by atoms with van der Waals surface area (Å²) in [5, 5.41) is 3.49. The fourth-order valence-corrected chi connectivity index (χ4v) is 2.11. The zero-order chi connectivity index (χ0) is 13.7. The fraction of sp³-hybridized carbons (Fsp3) is 0.538. The molecule has 1 unspecified atom stereocenters. The van der Waals surface area contributed by atoms with Gasteiger partial charge in [0.25, 0.3) is 0 Å². The van der Waals surface area contributed by atoms with Gasteiger partial charge in [-0.2, -0.15) is 0 Å². The minimum Gasteiger partial charge on any atom is -0.377 e. The Morgan fingerprint density at radius 3 is 3.16 bits per heavy atom. The van der Waals surface area contributed by atoms with E-state index in [0.717, 1.165) is 12.2 Å². The van der Waals surface area contributed by atoms with E-state index in [9.17, 15) is 4.79 Å². The lowest BCUT2D eigenvalue weighted by molar-refractivity contribution is -0.124. The van der Waals surface area contributed by atoms with E-state index in [1.165, 1.54) is 0 Å². The van der Waals surface area contributed by atoms with Crippen LogP contribution in [0, 0.1) is 0 Å². The Bertz CT molecular complexity index is 424. The van der Waals surface area contributed by atoms with Gasteiger partial charge < -0.3 is 15.0 Å². The molecule has 1 aromatic heterocycles. The second-order valence-electron chi connectivity index (χ2n) is 4.41. The zero-order valence-corrected chi connectivity index (χ0v) is 11.7. The molecule has 0 bridgehead atoms. The van der Waals surface area contributed by atoms with Crippen molar-refractivity contribution in [1.82, 2.24) is 10.3 Å². The number of carbonyl (C=O) groups excluding carboxylic acids is 1. The molecule has 1 amide bonds. The van der Waals surface area contributed by atoms with Gasteiger partial charge in [-0.3, -0.25) is 4.79 Å². The first kappa shape index (κ1) is 14.1. The van der Waals surface area contributed by atoms with Crippen LogP contribution in [0.4, 0.5) is 5.82 Å². The molecule has 1 aromatic rings. The highest BCUT2D eigenvalue weighted by atomic mass is 35.5. The van der Waals surface area contributed by atoms with Crippen molar-refractivity contribution < 1.29 is 9.53 Å². The van der Waals surface area contributed by atoms with Gasteiger partial charge in [-0.15, -0.1) is 0 Å². The second-order valence-corrected chi connectivity index (χ2v) is 4.85. The van der Waals surface area contributed by atoms with Crippen molar-refractivity contribution in [3.05, 3.63) is 23.4 Å². The third kappa shape index (κ3) is 3.58. The maximum Gasteiger partial charge on any atom is 0.245 e. The summed E-state index contributed by atoms with van der Waals surface area (Å²) in [7, 11) is 0. The molecule has 1 aliphatic rings. The maximum absolute atomic E-state index is 12.1. The van der Waals surface area contributed by atoms with E-state index in [1.807, 2.05) is 17.9 Å². The summed E-state index contributed by atoms with van der Waals surface area (Å²) in [5.74, 6) is 0.739. The number of halogens is 1. The molecule has 1 aliphatic heterocycles. The maximum atomic E-state index is 12.1. The Labute approximate surface area is 117 Å². The molecular formula is C13H18ClN3O2. The Balaban J connectivity index is 2.11. The number of hydrogen-bond donors (Lipinski definition) is 1. The lowest BCUT2D eigenvalue weighted by Crippen LogP contribution is -2.54. The molecule has 0 saturated carbocycles. The van der Waals surface area contributed by atoms with E-state index >= 15 is 0 Å². The highest BCUT2D eigenvalue weighted by molar-refractivity contribution is 6.30. The van der Waals surface area contributed by atoms with Crippen LogP contribution in [0.1, 0.15) is 13.3 Å². The Hall–Kier alpha value is -1.33. The average Bonchev–Trinajstić information content (AvgIpc) is 2.45. The van der Waals surface area contributed by atoms with E-state index in [-0.39, 0.29) is 11.9 Å². The zero-order valence-electron chi connectivity index (χ0n) is 10.9. The van der Waals surface area contributed by atoms with Crippen LogP contribution >= 0.6 is 11.6 Å². The van der Waals surface area contributed by atoms with Gasteiger partial charge in [0.2, 0.25) is 5.91 Å². The van der Waals surface area contributed by atoms with Crippen LogP contribution in [0.15, 0.2) is 18.3 Å². The SMILES string of the molecule is CCCNC(=O)C1COCCN1c1ccc(Cl)cn1. The van der Waals surface area contributed by atoms with Crippen molar-refractivity contribution in [2.45, 2.75) is 19.4 Å². The van der Waals surface area contributed by atoms with E-state index in [4.69, 9.17) is 16.3 Å². The smallest absolute Gasteiger partial charge is 0.245 e. The molecule has 104 valence electrons. The topological polar surface area (TPSA) is 54.5 Å². The molecule has 0 radical (unpaired) electrons. The molecule has 5 nitrogen and oxygen atoms in total. The Morgan fingerprint density at radius 1 is 1.63 bits per heavy atom. The number of amides is 1. The number of anilines is 1. The van der Waals surface area contributed by atoms with Gasteiger partial charge in [-0.05, 0) is 18.6 Å². The summed E-state index contributed by atoms with van der Waals surface area (Å²) < 4.78 is 5.40. The number of nitrogens with zero attached hydrogens (tertiary/aromatic N) is 2. The van der Waals surface area contributed by atoms with Crippen LogP contribution in [0.2, 0.25) is 5.02 Å². The number of ether oxygens (including phenoxy) is 1. The quantitative estimate of drug-likeness (QED) is 0.909. The number of morpholine rings is 1. The highest BCUT2D eigenvalue weighted by Gasteiger charge is 2.30. The number of aromatic nitrogens is 1.